The number of hydrogen-bond acceptors (Lipinski definition) is 3. The van der Waals surface area contributed by atoms with Crippen LogP contribution in [0.3, 0.4) is 0 Å². The van der Waals surface area contributed by atoms with Gasteiger partial charge in [0.25, 0.3) is 0 Å². The highest BCUT2D eigenvalue weighted by Crippen LogP contribution is 2.30. The summed E-state index contributed by atoms with van der Waals surface area (Å²) in [7, 11) is -1.46. The molecule has 0 spiro atoms. The molecule has 1 aromatic carbocycles. The van der Waals surface area contributed by atoms with Gasteiger partial charge in [-0.1, -0.05) is 17.7 Å². The van der Waals surface area contributed by atoms with Crippen LogP contribution in [0.2, 0.25) is 0 Å². The number of rotatable bonds is 3. The van der Waals surface area contributed by atoms with Crippen molar-refractivity contribution in [3.63, 3.8) is 0 Å². The zero-order chi connectivity index (χ0) is 15.7. The quantitative estimate of drug-likeness (QED) is 0.872. The lowest BCUT2D eigenvalue weighted by Gasteiger charge is -2.30. The molecule has 6 heteroatoms. The van der Waals surface area contributed by atoms with Crippen LogP contribution in [0, 0.1) is 6.92 Å². The summed E-state index contributed by atoms with van der Waals surface area (Å²) in [4.78, 5) is 0.387. The minimum absolute atomic E-state index is 0.387. The first kappa shape index (κ1) is 15.2. The monoisotopic (exact) mass is 319 g/mol. The molecule has 1 aliphatic rings. The van der Waals surface area contributed by atoms with Gasteiger partial charge < -0.3 is 0 Å². The number of sulfonamides is 1. The first-order chi connectivity index (χ1) is 10.5. The van der Waals surface area contributed by atoms with Crippen molar-refractivity contribution in [2.45, 2.75) is 30.6 Å². The summed E-state index contributed by atoms with van der Waals surface area (Å²) in [6.45, 7) is 3.08. The molecule has 0 atom stereocenters. The molecule has 2 aromatic rings. The number of benzene rings is 1. The third kappa shape index (κ3) is 2.94. The molecule has 3 rings (SSSR count). The van der Waals surface area contributed by atoms with Gasteiger partial charge in [-0.2, -0.15) is 9.40 Å². The molecule has 1 aromatic heterocycles. The molecule has 5 nitrogen and oxygen atoms in total. The third-order valence-electron chi connectivity index (χ3n) is 4.31. The molecule has 1 fully saturated rings. The first-order valence-electron chi connectivity index (χ1n) is 7.52. The lowest BCUT2D eigenvalue weighted by Crippen LogP contribution is -2.37. The second-order valence-electron chi connectivity index (χ2n) is 5.94. The molecular weight excluding hydrogens is 298 g/mol. The van der Waals surface area contributed by atoms with E-state index in [4.69, 9.17) is 0 Å². The van der Waals surface area contributed by atoms with Crippen molar-refractivity contribution in [2.75, 3.05) is 13.1 Å². The molecule has 1 aliphatic heterocycles. The maximum absolute atomic E-state index is 12.7. The minimum Gasteiger partial charge on any atom is -0.276 e. The predicted molar refractivity (Wildman–Crippen MR) is 85.1 cm³/mol. The van der Waals surface area contributed by atoms with Gasteiger partial charge in [0, 0.05) is 26.3 Å². The van der Waals surface area contributed by atoms with Gasteiger partial charge >= 0.3 is 0 Å². The lowest BCUT2D eigenvalue weighted by atomic mass is 9.93. The minimum atomic E-state index is -3.37. The summed E-state index contributed by atoms with van der Waals surface area (Å²) >= 11 is 0. The molecule has 0 radical (unpaired) electrons. The molecule has 2 heterocycles. The maximum Gasteiger partial charge on any atom is 0.243 e. The molecule has 0 N–H and O–H groups in total. The predicted octanol–water partition coefficient (Wildman–Crippen LogP) is 2.30. The Hall–Kier alpha value is -1.66. The van der Waals surface area contributed by atoms with Gasteiger partial charge in [-0.05, 0) is 43.4 Å². The van der Waals surface area contributed by atoms with E-state index in [0.29, 0.717) is 23.9 Å². The zero-order valence-corrected chi connectivity index (χ0v) is 13.8. The van der Waals surface area contributed by atoms with Crippen LogP contribution in [-0.4, -0.2) is 35.6 Å². The highest BCUT2D eigenvalue weighted by molar-refractivity contribution is 7.89. The molecule has 0 aliphatic carbocycles. The summed E-state index contributed by atoms with van der Waals surface area (Å²) in [6.07, 6.45) is 5.59. The summed E-state index contributed by atoms with van der Waals surface area (Å²) in [5.74, 6) is 0.401. The van der Waals surface area contributed by atoms with Gasteiger partial charge in [0.1, 0.15) is 0 Å². The first-order valence-corrected chi connectivity index (χ1v) is 8.96. The second-order valence-corrected chi connectivity index (χ2v) is 7.88. The SMILES string of the molecule is Cc1ccc(S(=O)(=O)N2CCC(c3cnn(C)c3)CC2)cc1. The van der Waals surface area contributed by atoms with Gasteiger partial charge in [-0.25, -0.2) is 8.42 Å². The van der Waals surface area contributed by atoms with Crippen molar-refractivity contribution in [3.8, 4) is 0 Å². The Morgan fingerprint density at radius 1 is 1.14 bits per heavy atom. The normalized spacial score (nSPS) is 17.7. The molecule has 0 unspecified atom stereocenters. The van der Waals surface area contributed by atoms with Crippen molar-refractivity contribution in [2.24, 2.45) is 7.05 Å². The Kier molecular flexibility index (Phi) is 4.06. The fourth-order valence-electron chi connectivity index (χ4n) is 2.94. The number of aromatic nitrogens is 2. The van der Waals surface area contributed by atoms with Crippen molar-refractivity contribution in [1.82, 2.24) is 14.1 Å². The van der Waals surface area contributed by atoms with E-state index in [2.05, 4.69) is 5.10 Å². The molecule has 0 amide bonds. The van der Waals surface area contributed by atoms with Gasteiger partial charge in [0.15, 0.2) is 0 Å². The van der Waals surface area contributed by atoms with Crippen LogP contribution < -0.4 is 0 Å². The highest BCUT2D eigenvalue weighted by Gasteiger charge is 2.30. The van der Waals surface area contributed by atoms with E-state index in [-0.39, 0.29) is 0 Å². The van der Waals surface area contributed by atoms with Crippen LogP contribution in [0.1, 0.15) is 29.9 Å². The Labute approximate surface area is 131 Å². The van der Waals surface area contributed by atoms with Crippen molar-refractivity contribution >= 4 is 10.0 Å². The van der Waals surface area contributed by atoms with E-state index in [9.17, 15) is 8.42 Å². The third-order valence-corrected chi connectivity index (χ3v) is 6.22. The van der Waals surface area contributed by atoms with E-state index >= 15 is 0 Å². The van der Waals surface area contributed by atoms with Crippen LogP contribution in [0.4, 0.5) is 0 Å². The molecule has 118 valence electrons. The number of aryl methyl sites for hydroxylation is 2. The Bertz CT molecular complexity index is 742. The Morgan fingerprint density at radius 2 is 1.77 bits per heavy atom. The van der Waals surface area contributed by atoms with Gasteiger partial charge in [0.05, 0.1) is 11.1 Å². The fraction of sp³-hybridized carbons (Fsp3) is 0.438. The van der Waals surface area contributed by atoms with Crippen LogP contribution in [0.15, 0.2) is 41.6 Å². The van der Waals surface area contributed by atoms with E-state index in [1.807, 2.05) is 38.5 Å². The topological polar surface area (TPSA) is 55.2 Å². The van der Waals surface area contributed by atoms with Crippen LogP contribution in [-0.2, 0) is 17.1 Å². The van der Waals surface area contributed by atoms with Crippen molar-refractivity contribution in [3.05, 3.63) is 47.8 Å². The molecule has 22 heavy (non-hydrogen) atoms. The second kappa shape index (κ2) is 5.85. The summed E-state index contributed by atoms with van der Waals surface area (Å²) in [5, 5.41) is 4.20. The van der Waals surface area contributed by atoms with Crippen molar-refractivity contribution < 1.29 is 8.42 Å². The summed E-state index contributed by atoms with van der Waals surface area (Å²) in [6, 6.07) is 7.07. The molecule has 1 saturated heterocycles. The van der Waals surface area contributed by atoms with E-state index in [1.165, 1.54) is 5.56 Å². The zero-order valence-electron chi connectivity index (χ0n) is 12.9. The summed E-state index contributed by atoms with van der Waals surface area (Å²) in [5.41, 5.74) is 2.27. The lowest BCUT2D eigenvalue weighted by molar-refractivity contribution is 0.319. The average Bonchev–Trinajstić information content (AvgIpc) is 2.94. The smallest absolute Gasteiger partial charge is 0.243 e. The molecular formula is C16H21N3O2S. The van der Waals surface area contributed by atoms with Crippen LogP contribution in [0.25, 0.3) is 0 Å². The number of hydrogen-bond donors (Lipinski definition) is 0. The fourth-order valence-corrected chi connectivity index (χ4v) is 4.41. The Morgan fingerprint density at radius 3 is 2.32 bits per heavy atom. The van der Waals surface area contributed by atoms with Crippen LogP contribution in [0.5, 0.6) is 0 Å². The van der Waals surface area contributed by atoms with Gasteiger partial charge in [0.2, 0.25) is 10.0 Å². The summed E-state index contributed by atoms with van der Waals surface area (Å²) < 4.78 is 28.7. The maximum atomic E-state index is 12.7. The van der Waals surface area contributed by atoms with Gasteiger partial charge in [-0.15, -0.1) is 0 Å². The highest BCUT2D eigenvalue weighted by atomic mass is 32.2. The van der Waals surface area contributed by atoms with Gasteiger partial charge in [-0.3, -0.25) is 4.68 Å². The van der Waals surface area contributed by atoms with E-state index in [0.717, 1.165) is 18.4 Å². The standard InChI is InChI=1S/C16H21N3O2S/c1-13-3-5-16(6-4-13)22(20,21)19-9-7-14(8-10-19)15-11-17-18(2)12-15/h3-6,11-12,14H,7-10H2,1-2H3. The van der Waals surface area contributed by atoms with Crippen molar-refractivity contribution in [1.29, 1.82) is 0 Å². The number of nitrogens with zero attached hydrogens (tertiary/aromatic N) is 3. The van der Waals surface area contributed by atoms with E-state index in [1.54, 1.807) is 21.1 Å². The Balaban J connectivity index is 1.71. The largest absolute Gasteiger partial charge is 0.276 e. The number of piperidine rings is 1. The average molecular weight is 319 g/mol. The molecule has 0 saturated carbocycles. The van der Waals surface area contributed by atoms with E-state index < -0.39 is 10.0 Å². The van der Waals surface area contributed by atoms with Crippen LogP contribution >= 0.6 is 0 Å². The molecule has 0 bridgehead atoms.